The molecule has 7 nitrogen and oxygen atoms in total. The highest BCUT2D eigenvalue weighted by Gasteiger charge is 2.08. The minimum absolute atomic E-state index is 0.0259. The van der Waals surface area contributed by atoms with Crippen molar-refractivity contribution in [1.82, 2.24) is 9.78 Å². The van der Waals surface area contributed by atoms with Gasteiger partial charge < -0.3 is 10.6 Å². The molecule has 0 aliphatic heterocycles. The number of nitrogens with two attached hydrogens (primary N) is 1. The number of hydrogen-bond donors (Lipinski definition) is 3. The number of benzene rings is 2. The molecule has 28 heavy (non-hydrogen) atoms. The molecule has 0 fully saturated rings. The Bertz CT molecular complexity index is 1110. The van der Waals surface area contributed by atoms with Crippen LogP contribution in [-0.4, -0.2) is 23.3 Å². The van der Waals surface area contributed by atoms with Gasteiger partial charge in [-0.3, -0.25) is 4.68 Å². The van der Waals surface area contributed by atoms with Crippen LogP contribution in [0.15, 0.2) is 59.6 Å². The highest BCUT2D eigenvalue weighted by molar-refractivity contribution is 7.89. The molecule has 1 aromatic heterocycles. The summed E-state index contributed by atoms with van der Waals surface area (Å²) in [4.78, 5) is 0.0259. The zero-order chi connectivity index (χ0) is 20.3. The van der Waals surface area contributed by atoms with E-state index in [0.29, 0.717) is 33.2 Å². The number of nitrogens with one attached hydrogen (secondary N) is 2. The van der Waals surface area contributed by atoms with Crippen molar-refractivity contribution in [2.45, 2.75) is 11.4 Å². The summed E-state index contributed by atoms with van der Waals surface area (Å²) in [5, 5.41) is 16.7. The maximum Gasteiger partial charge on any atom is 0.238 e. The van der Waals surface area contributed by atoms with Crippen LogP contribution in [0.4, 0.5) is 11.5 Å². The third kappa shape index (κ3) is 5.43. The number of hydrogen-bond acceptors (Lipinski definition) is 4. The molecule has 4 N–H and O–H groups in total. The Kier molecular flexibility index (Phi) is 6.21. The van der Waals surface area contributed by atoms with Crippen LogP contribution in [0, 0.1) is 0 Å². The Labute approximate surface area is 177 Å². The van der Waals surface area contributed by atoms with Gasteiger partial charge >= 0.3 is 0 Å². The summed E-state index contributed by atoms with van der Waals surface area (Å²) in [7, 11) is -3.73. The minimum atomic E-state index is -3.73. The molecule has 11 heteroatoms. The van der Waals surface area contributed by atoms with Crippen molar-refractivity contribution in [3.8, 4) is 0 Å². The van der Waals surface area contributed by atoms with Crippen molar-refractivity contribution in [2.24, 2.45) is 5.14 Å². The molecule has 0 bridgehead atoms. The lowest BCUT2D eigenvalue weighted by molar-refractivity contribution is 0.598. The van der Waals surface area contributed by atoms with Crippen molar-refractivity contribution in [3.05, 3.63) is 70.3 Å². The molecule has 0 spiro atoms. The van der Waals surface area contributed by atoms with Crippen molar-refractivity contribution >= 4 is 62.1 Å². The third-order valence-electron chi connectivity index (χ3n) is 3.65. The Morgan fingerprint density at radius 1 is 1.07 bits per heavy atom. The van der Waals surface area contributed by atoms with Crippen molar-refractivity contribution in [3.63, 3.8) is 0 Å². The van der Waals surface area contributed by atoms with Crippen LogP contribution < -0.4 is 15.8 Å². The first-order chi connectivity index (χ1) is 13.2. The summed E-state index contributed by atoms with van der Waals surface area (Å²) in [5.41, 5.74) is 1.57. The quantitative estimate of drug-likeness (QED) is 0.506. The molecule has 0 saturated carbocycles. The number of anilines is 2. The normalized spacial score (nSPS) is 11.2. The lowest BCUT2D eigenvalue weighted by atomic mass is 10.2. The summed E-state index contributed by atoms with van der Waals surface area (Å²) in [6, 6.07) is 13.1. The molecule has 3 rings (SSSR count). The van der Waals surface area contributed by atoms with Gasteiger partial charge in [0, 0.05) is 18.0 Å². The highest BCUT2D eigenvalue weighted by atomic mass is 35.5. The van der Waals surface area contributed by atoms with Crippen LogP contribution in [0.25, 0.3) is 0 Å². The summed E-state index contributed by atoms with van der Waals surface area (Å²) < 4.78 is 24.3. The molecule has 0 aliphatic rings. The van der Waals surface area contributed by atoms with Crippen molar-refractivity contribution in [1.29, 1.82) is 0 Å². The Morgan fingerprint density at radius 2 is 1.79 bits per heavy atom. The van der Waals surface area contributed by atoms with Crippen molar-refractivity contribution in [2.75, 3.05) is 10.6 Å². The van der Waals surface area contributed by atoms with Gasteiger partial charge in [0.2, 0.25) is 10.0 Å². The molecule has 0 amide bonds. The van der Waals surface area contributed by atoms with E-state index in [4.69, 9.17) is 40.6 Å². The van der Waals surface area contributed by atoms with E-state index in [9.17, 15) is 8.42 Å². The number of thiocarbonyl (C=S) groups is 1. The molecule has 0 aliphatic carbocycles. The smallest absolute Gasteiger partial charge is 0.238 e. The Hall–Kier alpha value is -2.17. The highest BCUT2D eigenvalue weighted by Crippen LogP contribution is 2.23. The minimum Gasteiger partial charge on any atom is -0.332 e. The lowest BCUT2D eigenvalue weighted by Crippen LogP contribution is -2.19. The predicted octanol–water partition coefficient (Wildman–Crippen LogP) is 3.69. The number of nitrogens with zero attached hydrogens (tertiary/aromatic N) is 2. The molecule has 0 saturated heterocycles. The predicted molar refractivity (Wildman–Crippen MR) is 115 cm³/mol. The average Bonchev–Trinajstić information content (AvgIpc) is 3.04. The van der Waals surface area contributed by atoms with E-state index in [2.05, 4.69) is 15.7 Å². The van der Waals surface area contributed by atoms with Crippen LogP contribution in [0.1, 0.15) is 5.56 Å². The lowest BCUT2D eigenvalue weighted by Gasteiger charge is -2.09. The van der Waals surface area contributed by atoms with Crippen LogP contribution in [-0.2, 0) is 16.6 Å². The van der Waals surface area contributed by atoms with Gasteiger partial charge in [-0.05, 0) is 54.2 Å². The monoisotopic (exact) mass is 455 g/mol. The number of rotatable bonds is 5. The van der Waals surface area contributed by atoms with Crippen LogP contribution in [0.2, 0.25) is 10.0 Å². The number of aromatic nitrogens is 2. The molecule has 2 aromatic carbocycles. The molecular formula is C17H15Cl2N5O2S2. The fourth-order valence-electron chi connectivity index (χ4n) is 2.35. The van der Waals surface area contributed by atoms with Crippen LogP contribution in [0.5, 0.6) is 0 Å². The molecule has 1 heterocycles. The van der Waals surface area contributed by atoms with Gasteiger partial charge in [-0.2, -0.15) is 5.10 Å². The fourth-order valence-corrected chi connectivity index (χ4v) is 3.41. The summed E-state index contributed by atoms with van der Waals surface area (Å²) in [6.45, 7) is 0.522. The zero-order valence-corrected chi connectivity index (χ0v) is 17.4. The van der Waals surface area contributed by atoms with Crippen LogP contribution in [0.3, 0.4) is 0 Å². The first-order valence-electron chi connectivity index (χ1n) is 7.89. The molecular weight excluding hydrogens is 441 g/mol. The first kappa shape index (κ1) is 20.6. The van der Waals surface area contributed by atoms with E-state index in [1.54, 1.807) is 41.2 Å². The van der Waals surface area contributed by atoms with Crippen molar-refractivity contribution < 1.29 is 8.42 Å². The molecule has 146 valence electrons. The Morgan fingerprint density at radius 3 is 2.43 bits per heavy atom. The van der Waals surface area contributed by atoms with Crippen LogP contribution >= 0.6 is 35.4 Å². The van der Waals surface area contributed by atoms with Gasteiger partial charge in [-0.15, -0.1) is 0 Å². The molecule has 0 radical (unpaired) electrons. The fraction of sp³-hybridized carbons (Fsp3) is 0.0588. The second-order valence-electron chi connectivity index (χ2n) is 5.80. The summed E-state index contributed by atoms with van der Waals surface area (Å²) in [5.74, 6) is 0.554. The number of primary sulfonamides is 1. The van der Waals surface area contributed by atoms with Gasteiger partial charge in [0.15, 0.2) is 10.9 Å². The van der Waals surface area contributed by atoms with Gasteiger partial charge in [0.05, 0.1) is 21.5 Å². The number of halogens is 2. The van der Waals surface area contributed by atoms with E-state index in [1.165, 1.54) is 12.1 Å². The van der Waals surface area contributed by atoms with E-state index in [0.717, 1.165) is 5.56 Å². The van der Waals surface area contributed by atoms with Gasteiger partial charge in [0.1, 0.15) is 0 Å². The second-order valence-corrected chi connectivity index (χ2v) is 8.58. The van der Waals surface area contributed by atoms with Gasteiger partial charge in [-0.1, -0.05) is 29.3 Å². The maximum absolute atomic E-state index is 11.3. The largest absolute Gasteiger partial charge is 0.332 e. The zero-order valence-electron chi connectivity index (χ0n) is 14.3. The van der Waals surface area contributed by atoms with Gasteiger partial charge in [-0.25, -0.2) is 13.6 Å². The SMILES string of the molecule is NS(=O)(=O)c1ccc(NC(=S)Nc2ccn(Cc3ccc(Cl)c(Cl)c3)n2)cc1. The van der Waals surface area contributed by atoms with E-state index >= 15 is 0 Å². The Balaban J connectivity index is 1.59. The van der Waals surface area contributed by atoms with Gasteiger partial charge in [0.25, 0.3) is 0 Å². The molecule has 3 aromatic rings. The topological polar surface area (TPSA) is 102 Å². The average molecular weight is 456 g/mol. The summed E-state index contributed by atoms with van der Waals surface area (Å²) in [6.07, 6.45) is 1.80. The summed E-state index contributed by atoms with van der Waals surface area (Å²) >= 11 is 17.2. The molecule has 0 unspecified atom stereocenters. The third-order valence-corrected chi connectivity index (χ3v) is 5.52. The number of sulfonamides is 1. The molecule has 0 atom stereocenters. The van der Waals surface area contributed by atoms with E-state index in [-0.39, 0.29) is 4.90 Å². The van der Waals surface area contributed by atoms with E-state index < -0.39 is 10.0 Å². The standard InChI is InChI=1S/C17H15Cl2N5O2S2/c18-14-6-1-11(9-15(14)19)10-24-8-7-16(23-24)22-17(27)21-12-2-4-13(5-3-12)28(20,25)26/h1-9H,10H2,(H2,20,25,26)(H2,21,22,23,27). The maximum atomic E-state index is 11.3. The van der Waals surface area contributed by atoms with E-state index in [1.807, 2.05) is 6.07 Å². The second kappa shape index (κ2) is 8.46. The first-order valence-corrected chi connectivity index (χ1v) is 10.6.